The summed E-state index contributed by atoms with van der Waals surface area (Å²) in [7, 11) is 4.76. The second-order valence-corrected chi connectivity index (χ2v) is 7.47. The third-order valence-electron chi connectivity index (χ3n) is 5.65. The maximum atomic E-state index is 13.3. The monoisotopic (exact) mass is 397 g/mol. The highest BCUT2D eigenvalue weighted by Gasteiger charge is 2.27. The van der Waals surface area contributed by atoms with Crippen LogP contribution in [-0.2, 0) is 17.6 Å². The molecule has 1 amide bonds. The number of amides is 1. The molecule has 5 nitrogen and oxygen atoms in total. The topological polar surface area (TPSA) is 48.0 Å². The van der Waals surface area contributed by atoms with Crippen LogP contribution < -0.4 is 14.2 Å². The Hall–Kier alpha value is -2.69. The molecular weight excluding hydrogens is 366 g/mol. The average Bonchev–Trinajstić information content (AvgIpc) is 3.28. The van der Waals surface area contributed by atoms with Gasteiger partial charge in [0.2, 0.25) is 11.7 Å². The summed E-state index contributed by atoms with van der Waals surface area (Å²) in [5, 5.41) is 0. The van der Waals surface area contributed by atoms with Crippen LogP contribution in [0.4, 0.5) is 0 Å². The minimum atomic E-state index is 0.155. The molecule has 2 aromatic rings. The first-order valence-corrected chi connectivity index (χ1v) is 10.3. The second-order valence-electron chi connectivity index (χ2n) is 7.47. The first kappa shape index (κ1) is 21.0. The normalized spacial score (nSPS) is 13.9. The van der Waals surface area contributed by atoms with Crippen LogP contribution in [0, 0.1) is 0 Å². The highest BCUT2D eigenvalue weighted by molar-refractivity contribution is 5.79. The smallest absolute Gasteiger partial charge is 0.227 e. The Bertz CT molecular complexity index is 775. The molecule has 0 N–H and O–H groups in total. The molecule has 156 valence electrons. The van der Waals surface area contributed by atoms with Gasteiger partial charge in [0.25, 0.3) is 0 Å². The molecule has 29 heavy (non-hydrogen) atoms. The maximum absolute atomic E-state index is 13.3. The third-order valence-corrected chi connectivity index (χ3v) is 5.65. The number of nitrogens with zero attached hydrogens (tertiary/aromatic N) is 1. The van der Waals surface area contributed by atoms with E-state index in [0.29, 0.717) is 29.7 Å². The maximum Gasteiger partial charge on any atom is 0.227 e. The fraction of sp³-hybridized carbons (Fsp3) is 0.458. The van der Waals surface area contributed by atoms with Crippen molar-refractivity contribution in [3.05, 3.63) is 53.6 Å². The lowest BCUT2D eigenvalue weighted by Crippen LogP contribution is -2.41. The quantitative estimate of drug-likeness (QED) is 0.634. The van der Waals surface area contributed by atoms with Gasteiger partial charge in [-0.3, -0.25) is 4.79 Å². The molecule has 0 atom stereocenters. The number of methoxy groups -OCH3 is 3. The molecule has 1 aliphatic rings. The summed E-state index contributed by atoms with van der Waals surface area (Å²) in [5.41, 5.74) is 2.13. The van der Waals surface area contributed by atoms with E-state index in [1.54, 1.807) is 21.3 Å². The number of rotatable bonds is 9. The van der Waals surface area contributed by atoms with Crippen molar-refractivity contribution in [2.24, 2.45) is 0 Å². The Morgan fingerprint density at radius 3 is 2.10 bits per heavy atom. The lowest BCUT2D eigenvalue weighted by Gasteiger charge is -2.29. The van der Waals surface area contributed by atoms with Gasteiger partial charge in [0.1, 0.15) is 0 Å². The minimum Gasteiger partial charge on any atom is -0.493 e. The molecule has 3 rings (SSSR count). The standard InChI is InChI=1S/C24H31NO4/c1-27-21-15-19(16-22(28-2)24(21)29-3)17-23(26)25(20-11-7-8-12-20)14-13-18-9-5-4-6-10-18/h4-6,9-10,15-16,20H,7-8,11-14,17H2,1-3H3. The van der Waals surface area contributed by atoms with Crippen molar-refractivity contribution < 1.29 is 19.0 Å². The fourth-order valence-corrected chi connectivity index (χ4v) is 4.13. The molecule has 1 aliphatic carbocycles. The zero-order valence-electron chi connectivity index (χ0n) is 17.6. The molecule has 0 aliphatic heterocycles. The van der Waals surface area contributed by atoms with Gasteiger partial charge < -0.3 is 19.1 Å². The van der Waals surface area contributed by atoms with Gasteiger partial charge in [0.15, 0.2) is 11.5 Å². The number of benzene rings is 2. The Labute approximate surface area is 173 Å². The van der Waals surface area contributed by atoms with Crippen molar-refractivity contribution in [3.8, 4) is 17.2 Å². The lowest BCUT2D eigenvalue weighted by molar-refractivity contribution is -0.132. The van der Waals surface area contributed by atoms with Crippen LogP contribution in [0.1, 0.15) is 36.8 Å². The van der Waals surface area contributed by atoms with Crippen molar-refractivity contribution in [1.82, 2.24) is 4.90 Å². The highest BCUT2D eigenvalue weighted by Crippen LogP contribution is 2.38. The summed E-state index contributed by atoms with van der Waals surface area (Å²) < 4.78 is 16.3. The van der Waals surface area contributed by atoms with Crippen LogP contribution in [-0.4, -0.2) is 44.7 Å². The molecule has 5 heteroatoms. The number of carbonyl (C=O) groups excluding carboxylic acids is 1. The van der Waals surface area contributed by atoms with Crippen molar-refractivity contribution in [2.45, 2.75) is 44.6 Å². The molecule has 0 unspecified atom stereocenters. The first-order chi connectivity index (χ1) is 14.2. The Balaban J connectivity index is 1.77. The Morgan fingerprint density at radius 2 is 1.55 bits per heavy atom. The van der Waals surface area contributed by atoms with E-state index >= 15 is 0 Å². The molecule has 0 radical (unpaired) electrons. The van der Waals surface area contributed by atoms with E-state index in [9.17, 15) is 4.79 Å². The van der Waals surface area contributed by atoms with Gasteiger partial charge in [-0.05, 0) is 42.5 Å². The third kappa shape index (κ3) is 5.22. The molecule has 2 aromatic carbocycles. The van der Waals surface area contributed by atoms with Gasteiger partial charge in [0.05, 0.1) is 27.8 Å². The minimum absolute atomic E-state index is 0.155. The predicted octanol–water partition coefficient (Wildman–Crippen LogP) is 4.27. The molecule has 1 fully saturated rings. The molecule has 0 spiro atoms. The van der Waals surface area contributed by atoms with Crippen molar-refractivity contribution >= 4 is 5.91 Å². The Kier molecular flexibility index (Phi) is 7.39. The lowest BCUT2D eigenvalue weighted by atomic mass is 10.1. The summed E-state index contributed by atoms with van der Waals surface area (Å²) >= 11 is 0. The molecular formula is C24H31NO4. The van der Waals surface area contributed by atoms with Gasteiger partial charge in [-0.1, -0.05) is 43.2 Å². The first-order valence-electron chi connectivity index (χ1n) is 10.3. The largest absolute Gasteiger partial charge is 0.493 e. The van der Waals surface area contributed by atoms with Crippen LogP contribution in [0.25, 0.3) is 0 Å². The van der Waals surface area contributed by atoms with E-state index in [0.717, 1.165) is 31.4 Å². The summed E-state index contributed by atoms with van der Waals surface area (Å²) in [6, 6.07) is 14.4. The summed E-state index contributed by atoms with van der Waals surface area (Å²) in [6.45, 7) is 0.748. The summed E-state index contributed by atoms with van der Waals surface area (Å²) in [5.74, 6) is 1.85. The van der Waals surface area contributed by atoms with E-state index in [1.807, 2.05) is 30.3 Å². The summed E-state index contributed by atoms with van der Waals surface area (Å²) in [6.07, 6.45) is 5.78. The van der Waals surface area contributed by atoms with Gasteiger partial charge in [-0.25, -0.2) is 0 Å². The predicted molar refractivity (Wildman–Crippen MR) is 114 cm³/mol. The molecule has 0 aromatic heterocycles. The van der Waals surface area contributed by atoms with Gasteiger partial charge in [0, 0.05) is 12.6 Å². The van der Waals surface area contributed by atoms with E-state index in [1.165, 1.54) is 18.4 Å². The van der Waals surface area contributed by atoms with Gasteiger partial charge >= 0.3 is 0 Å². The van der Waals surface area contributed by atoms with E-state index in [-0.39, 0.29) is 5.91 Å². The second kappa shape index (κ2) is 10.2. The van der Waals surface area contributed by atoms with Crippen molar-refractivity contribution in [2.75, 3.05) is 27.9 Å². The van der Waals surface area contributed by atoms with Crippen LogP contribution in [0.2, 0.25) is 0 Å². The number of hydrogen-bond acceptors (Lipinski definition) is 4. The van der Waals surface area contributed by atoms with Crippen molar-refractivity contribution in [1.29, 1.82) is 0 Å². The molecule has 1 saturated carbocycles. The van der Waals surface area contributed by atoms with Crippen LogP contribution >= 0.6 is 0 Å². The van der Waals surface area contributed by atoms with Crippen LogP contribution in [0.15, 0.2) is 42.5 Å². The Morgan fingerprint density at radius 1 is 0.931 bits per heavy atom. The fourth-order valence-electron chi connectivity index (χ4n) is 4.13. The SMILES string of the molecule is COc1cc(CC(=O)N(CCc2ccccc2)C2CCCC2)cc(OC)c1OC. The van der Waals surface area contributed by atoms with Gasteiger partial charge in [-0.15, -0.1) is 0 Å². The number of hydrogen-bond donors (Lipinski definition) is 0. The molecule has 0 heterocycles. The van der Waals surface area contributed by atoms with Crippen LogP contribution in [0.5, 0.6) is 17.2 Å². The molecule has 0 saturated heterocycles. The average molecular weight is 398 g/mol. The highest BCUT2D eigenvalue weighted by atomic mass is 16.5. The zero-order chi connectivity index (χ0) is 20.6. The van der Waals surface area contributed by atoms with Gasteiger partial charge in [-0.2, -0.15) is 0 Å². The van der Waals surface area contributed by atoms with Crippen LogP contribution in [0.3, 0.4) is 0 Å². The van der Waals surface area contributed by atoms with E-state index < -0.39 is 0 Å². The van der Waals surface area contributed by atoms with E-state index in [4.69, 9.17) is 14.2 Å². The van der Waals surface area contributed by atoms with E-state index in [2.05, 4.69) is 17.0 Å². The summed E-state index contributed by atoms with van der Waals surface area (Å²) in [4.78, 5) is 15.4. The van der Waals surface area contributed by atoms with Crippen molar-refractivity contribution in [3.63, 3.8) is 0 Å². The zero-order valence-corrected chi connectivity index (χ0v) is 17.6. The number of carbonyl (C=O) groups is 1. The number of ether oxygens (including phenoxy) is 3. The molecule has 0 bridgehead atoms.